The minimum atomic E-state index is -0.454. The lowest BCUT2D eigenvalue weighted by atomic mass is 10.1. The van der Waals surface area contributed by atoms with Crippen molar-refractivity contribution in [1.82, 2.24) is 10.3 Å². The second kappa shape index (κ2) is 10.1. The highest BCUT2D eigenvalue weighted by molar-refractivity contribution is 6.05. The summed E-state index contributed by atoms with van der Waals surface area (Å²) in [4.78, 5) is 51.1. The van der Waals surface area contributed by atoms with Crippen LogP contribution in [-0.4, -0.2) is 41.2 Å². The van der Waals surface area contributed by atoms with Gasteiger partial charge in [-0.2, -0.15) is 0 Å². The van der Waals surface area contributed by atoms with E-state index >= 15 is 0 Å². The highest BCUT2D eigenvalue weighted by atomic mass is 16.5. The molecule has 0 bridgehead atoms. The van der Waals surface area contributed by atoms with Crippen LogP contribution in [0.25, 0.3) is 0 Å². The molecule has 0 atom stereocenters. The normalized spacial score (nSPS) is 14.0. The average molecular weight is 500 g/mol. The zero-order valence-corrected chi connectivity index (χ0v) is 19.8. The lowest BCUT2D eigenvalue weighted by Crippen LogP contribution is -2.33. The maximum atomic E-state index is 13.3. The van der Waals surface area contributed by atoms with Crippen LogP contribution < -0.4 is 26.6 Å². The molecule has 5 rings (SSSR count). The van der Waals surface area contributed by atoms with Gasteiger partial charge in [-0.3, -0.25) is 24.6 Å². The van der Waals surface area contributed by atoms with Crippen molar-refractivity contribution in [3.05, 3.63) is 89.0 Å². The zero-order chi connectivity index (χ0) is 25.9. The lowest BCUT2D eigenvalue weighted by Gasteiger charge is -2.24. The molecular formula is C27H25N5O5. The van der Waals surface area contributed by atoms with E-state index in [0.717, 1.165) is 18.4 Å². The van der Waals surface area contributed by atoms with E-state index in [-0.39, 0.29) is 30.4 Å². The van der Waals surface area contributed by atoms with Crippen molar-refractivity contribution in [3.63, 3.8) is 0 Å². The molecule has 37 heavy (non-hydrogen) atoms. The van der Waals surface area contributed by atoms with E-state index < -0.39 is 5.91 Å². The molecule has 1 fully saturated rings. The summed E-state index contributed by atoms with van der Waals surface area (Å²) in [6.45, 7) is 0.321. The highest BCUT2D eigenvalue weighted by Gasteiger charge is 2.33. The Morgan fingerprint density at radius 3 is 2.43 bits per heavy atom. The number of nitrogens with one attached hydrogen (secondary N) is 3. The topological polar surface area (TPSA) is 143 Å². The Bertz CT molecular complexity index is 1380. The van der Waals surface area contributed by atoms with E-state index in [1.54, 1.807) is 48.5 Å². The number of fused-ring (bicyclic) bond motifs is 1. The van der Waals surface area contributed by atoms with Gasteiger partial charge < -0.3 is 20.3 Å². The summed E-state index contributed by atoms with van der Waals surface area (Å²) in [5.74, 6) is 4.53. The number of anilines is 2. The number of carbonyl (C=O) groups is 4. The second-order valence-electron chi connectivity index (χ2n) is 8.92. The lowest BCUT2D eigenvalue weighted by molar-refractivity contribution is -0.118. The third kappa shape index (κ3) is 5.44. The molecule has 4 amide bonds. The molecule has 0 radical (unpaired) electrons. The number of hydrogen-bond acceptors (Lipinski definition) is 6. The molecule has 1 aliphatic carbocycles. The van der Waals surface area contributed by atoms with E-state index in [1.807, 2.05) is 17.0 Å². The number of benzene rings is 3. The molecule has 3 aromatic carbocycles. The van der Waals surface area contributed by atoms with Gasteiger partial charge in [-0.05, 0) is 66.9 Å². The summed E-state index contributed by atoms with van der Waals surface area (Å²) in [6.07, 6.45) is 1.87. The number of nitrogens with two attached hydrogens (primary N) is 1. The third-order valence-corrected chi connectivity index (χ3v) is 6.19. The van der Waals surface area contributed by atoms with E-state index in [4.69, 9.17) is 10.6 Å². The van der Waals surface area contributed by atoms with Gasteiger partial charge in [0.25, 0.3) is 23.6 Å². The summed E-state index contributed by atoms with van der Waals surface area (Å²) in [7, 11) is 0. The highest BCUT2D eigenvalue weighted by Crippen LogP contribution is 2.33. The van der Waals surface area contributed by atoms with Gasteiger partial charge in [0.2, 0.25) is 0 Å². The molecule has 0 unspecified atom stereocenters. The first kappa shape index (κ1) is 24.0. The van der Waals surface area contributed by atoms with E-state index in [2.05, 4.69) is 16.1 Å². The van der Waals surface area contributed by atoms with Gasteiger partial charge >= 0.3 is 0 Å². The number of amides is 4. The summed E-state index contributed by atoms with van der Waals surface area (Å²) in [6, 6.07) is 18.7. The number of carbonyl (C=O) groups excluding carboxylic acids is 4. The van der Waals surface area contributed by atoms with Crippen LogP contribution >= 0.6 is 0 Å². The largest absolute Gasteiger partial charge is 0.482 e. The Balaban J connectivity index is 1.26. The second-order valence-corrected chi connectivity index (χ2v) is 8.92. The molecule has 2 aliphatic rings. The fraction of sp³-hybridized carbons (Fsp3) is 0.185. The molecule has 1 saturated carbocycles. The van der Waals surface area contributed by atoms with Crippen LogP contribution in [0.15, 0.2) is 66.7 Å². The van der Waals surface area contributed by atoms with Crippen molar-refractivity contribution in [1.29, 1.82) is 0 Å². The van der Waals surface area contributed by atoms with Crippen LogP contribution in [0.3, 0.4) is 0 Å². The monoisotopic (exact) mass is 499 g/mol. The number of nitrogens with zero attached hydrogens (tertiary/aromatic N) is 1. The Morgan fingerprint density at radius 1 is 0.946 bits per heavy atom. The van der Waals surface area contributed by atoms with Crippen molar-refractivity contribution >= 4 is 35.0 Å². The fourth-order valence-electron chi connectivity index (χ4n) is 4.11. The molecule has 0 saturated heterocycles. The first-order valence-electron chi connectivity index (χ1n) is 11.8. The van der Waals surface area contributed by atoms with Gasteiger partial charge in [-0.15, -0.1) is 0 Å². The molecule has 5 N–H and O–H groups in total. The molecule has 10 heteroatoms. The van der Waals surface area contributed by atoms with Crippen molar-refractivity contribution in [2.75, 3.05) is 17.2 Å². The number of rotatable bonds is 7. The number of ether oxygens (including phenoxy) is 1. The molecule has 0 spiro atoms. The van der Waals surface area contributed by atoms with Gasteiger partial charge in [-0.25, -0.2) is 5.84 Å². The van der Waals surface area contributed by atoms with Gasteiger partial charge in [0.15, 0.2) is 6.61 Å². The first-order chi connectivity index (χ1) is 17.9. The third-order valence-electron chi connectivity index (χ3n) is 6.19. The molecule has 1 aliphatic heterocycles. The average Bonchev–Trinajstić information content (AvgIpc) is 3.76. The SMILES string of the molecule is NNC(=O)c1cccc(NC(=O)c2ccc(CN(C(=O)c3ccc4c(c3)OCC(=O)N4)C3CC3)cc2)c1. The van der Waals surface area contributed by atoms with Gasteiger partial charge in [-0.1, -0.05) is 18.2 Å². The molecule has 1 heterocycles. The quantitative estimate of drug-likeness (QED) is 0.224. The number of hydrogen-bond donors (Lipinski definition) is 4. The predicted molar refractivity (Wildman–Crippen MR) is 136 cm³/mol. The van der Waals surface area contributed by atoms with E-state index in [9.17, 15) is 19.2 Å². The van der Waals surface area contributed by atoms with Crippen LogP contribution in [0, 0.1) is 0 Å². The maximum Gasteiger partial charge on any atom is 0.265 e. The summed E-state index contributed by atoms with van der Waals surface area (Å²) in [5, 5.41) is 5.50. The van der Waals surface area contributed by atoms with E-state index in [1.165, 1.54) is 6.07 Å². The Hall–Kier alpha value is -4.70. The van der Waals surface area contributed by atoms with Gasteiger partial charge in [0.05, 0.1) is 5.69 Å². The Labute approximate surface area is 212 Å². The van der Waals surface area contributed by atoms with Crippen LogP contribution in [0.2, 0.25) is 0 Å². The standard InChI is InChI=1S/C27H25N5O5/c28-31-26(35)18-2-1-3-20(12-18)29-25(34)17-6-4-16(5-7-17)14-32(21-9-10-21)27(36)19-8-11-22-23(13-19)37-15-24(33)30-22/h1-8,11-13,21H,9-10,14-15,28H2,(H,29,34)(H,30,33)(H,31,35). The Morgan fingerprint density at radius 2 is 1.70 bits per heavy atom. The van der Waals surface area contributed by atoms with Crippen LogP contribution in [0.4, 0.5) is 11.4 Å². The van der Waals surface area contributed by atoms with Gasteiger partial charge in [0, 0.05) is 35.0 Å². The van der Waals surface area contributed by atoms with Crippen LogP contribution in [-0.2, 0) is 11.3 Å². The minimum Gasteiger partial charge on any atom is -0.482 e. The zero-order valence-electron chi connectivity index (χ0n) is 19.8. The number of hydrazine groups is 1. The molecular weight excluding hydrogens is 474 g/mol. The first-order valence-corrected chi connectivity index (χ1v) is 11.8. The van der Waals surface area contributed by atoms with Crippen molar-refractivity contribution in [3.8, 4) is 5.75 Å². The maximum absolute atomic E-state index is 13.3. The molecule has 3 aromatic rings. The summed E-state index contributed by atoms with van der Waals surface area (Å²) < 4.78 is 5.46. The molecule has 10 nitrogen and oxygen atoms in total. The molecule has 188 valence electrons. The van der Waals surface area contributed by atoms with Crippen molar-refractivity contribution < 1.29 is 23.9 Å². The van der Waals surface area contributed by atoms with Crippen LogP contribution in [0.1, 0.15) is 49.5 Å². The molecule has 0 aromatic heterocycles. The summed E-state index contributed by atoms with van der Waals surface area (Å²) in [5.41, 5.74) is 5.22. The Kier molecular flexibility index (Phi) is 6.57. The van der Waals surface area contributed by atoms with Gasteiger partial charge in [0.1, 0.15) is 5.75 Å². The number of nitrogen functional groups attached to an aromatic ring is 1. The van der Waals surface area contributed by atoms with Crippen LogP contribution in [0.5, 0.6) is 5.75 Å². The van der Waals surface area contributed by atoms with E-state index in [0.29, 0.717) is 40.4 Å². The van der Waals surface area contributed by atoms with Crippen molar-refractivity contribution in [2.24, 2.45) is 5.84 Å². The van der Waals surface area contributed by atoms with Crippen molar-refractivity contribution in [2.45, 2.75) is 25.4 Å². The summed E-state index contributed by atoms with van der Waals surface area (Å²) >= 11 is 0. The smallest absolute Gasteiger partial charge is 0.265 e. The minimum absolute atomic E-state index is 0.0780. The predicted octanol–water partition coefficient (Wildman–Crippen LogP) is 2.68. The fourth-order valence-corrected chi connectivity index (χ4v) is 4.11.